The van der Waals surface area contributed by atoms with Gasteiger partial charge >= 0.3 is 0 Å². The van der Waals surface area contributed by atoms with E-state index in [1.807, 2.05) is 73.7 Å². The maximum Gasteiger partial charge on any atom is 0.261 e. The third-order valence-electron chi connectivity index (χ3n) is 6.10. The van der Waals surface area contributed by atoms with E-state index in [-0.39, 0.29) is 11.9 Å². The highest BCUT2D eigenvalue weighted by atomic mass is 79.9. The van der Waals surface area contributed by atoms with Crippen LogP contribution in [0.1, 0.15) is 33.1 Å². The van der Waals surface area contributed by atoms with E-state index in [0.717, 1.165) is 32.5 Å². The molecule has 2 heterocycles. The Hall–Kier alpha value is -4.04. The molecule has 0 radical (unpaired) electrons. The number of benzene rings is 3. The molecule has 1 unspecified atom stereocenters. The second kappa shape index (κ2) is 9.91. The van der Waals surface area contributed by atoms with Crippen molar-refractivity contribution in [1.29, 1.82) is 0 Å². The highest BCUT2D eigenvalue weighted by molar-refractivity contribution is 9.10. The smallest absolute Gasteiger partial charge is 0.261 e. The van der Waals surface area contributed by atoms with Crippen LogP contribution in [0.3, 0.4) is 0 Å². The number of carbonyl (C=O) groups excluding carboxylic acids is 1. The number of halogens is 1. The summed E-state index contributed by atoms with van der Waals surface area (Å²) in [4.78, 5) is 13.3. The van der Waals surface area contributed by atoms with Crippen LogP contribution in [0.15, 0.2) is 83.5 Å². The largest absolute Gasteiger partial charge is 0.493 e. The van der Waals surface area contributed by atoms with Gasteiger partial charge in [-0.05, 0) is 48.9 Å². The standard InChI is InChI=1S/C28H25BrN4O3/c1-17-7-13-20(14-8-17)31-28(34)22-16-30-33-24(21-5-4-6-25(35-2)26(21)36-3)15-23(32-27(22)33)18-9-11-19(29)12-10-18/h4-16,24,32H,1-3H3,(H,31,34). The molecule has 7 nitrogen and oxygen atoms in total. The van der Waals surface area contributed by atoms with Gasteiger partial charge in [0, 0.05) is 21.4 Å². The van der Waals surface area contributed by atoms with Gasteiger partial charge in [-0.15, -0.1) is 0 Å². The number of ether oxygens (including phenoxy) is 2. The molecule has 1 aliphatic rings. The van der Waals surface area contributed by atoms with Gasteiger partial charge in [0.05, 0.1) is 20.4 Å². The zero-order valence-corrected chi connectivity index (χ0v) is 21.7. The van der Waals surface area contributed by atoms with Crippen LogP contribution < -0.4 is 20.1 Å². The van der Waals surface area contributed by atoms with Gasteiger partial charge < -0.3 is 20.1 Å². The lowest BCUT2D eigenvalue weighted by Gasteiger charge is -2.27. The second-order valence-electron chi connectivity index (χ2n) is 8.41. The molecule has 3 aromatic carbocycles. The van der Waals surface area contributed by atoms with E-state index in [0.29, 0.717) is 22.9 Å². The van der Waals surface area contributed by atoms with Crippen molar-refractivity contribution in [2.75, 3.05) is 24.9 Å². The maximum atomic E-state index is 13.3. The number of anilines is 2. The molecule has 36 heavy (non-hydrogen) atoms. The molecule has 0 saturated carbocycles. The summed E-state index contributed by atoms with van der Waals surface area (Å²) in [6.45, 7) is 2.01. The van der Waals surface area contributed by atoms with Crippen molar-refractivity contribution in [3.8, 4) is 11.5 Å². The minimum atomic E-state index is -0.342. The molecule has 0 aliphatic carbocycles. The summed E-state index contributed by atoms with van der Waals surface area (Å²) in [5.41, 5.74) is 4.97. The molecule has 182 valence electrons. The number of aryl methyl sites for hydroxylation is 1. The number of hydrogen-bond acceptors (Lipinski definition) is 5. The Morgan fingerprint density at radius 1 is 1.03 bits per heavy atom. The summed E-state index contributed by atoms with van der Waals surface area (Å²) in [5.74, 6) is 1.58. The van der Waals surface area contributed by atoms with Crippen LogP contribution in [0.4, 0.5) is 11.5 Å². The average Bonchev–Trinajstić information content (AvgIpc) is 3.33. The maximum absolute atomic E-state index is 13.3. The number of rotatable bonds is 6. The van der Waals surface area contributed by atoms with Crippen molar-refractivity contribution in [3.63, 3.8) is 0 Å². The van der Waals surface area contributed by atoms with Crippen LogP contribution in [0.5, 0.6) is 11.5 Å². The third-order valence-corrected chi connectivity index (χ3v) is 6.63. The monoisotopic (exact) mass is 544 g/mol. The molecule has 5 rings (SSSR count). The van der Waals surface area contributed by atoms with Gasteiger partial charge in [-0.3, -0.25) is 4.79 Å². The first-order valence-corrected chi connectivity index (χ1v) is 12.2. The van der Waals surface area contributed by atoms with Gasteiger partial charge in [0.15, 0.2) is 11.5 Å². The second-order valence-corrected chi connectivity index (χ2v) is 9.33. The molecule has 1 atom stereocenters. The first-order valence-electron chi connectivity index (χ1n) is 11.4. The molecule has 1 aliphatic heterocycles. The first kappa shape index (κ1) is 23.7. The summed E-state index contributed by atoms with van der Waals surface area (Å²) < 4.78 is 14.1. The Morgan fingerprint density at radius 3 is 2.47 bits per heavy atom. The Morgan fingerprint density at radius 2 is 1.78 bits per heavy atom. The van der Waals surface area contributed by atoms with E-state index in [4.69, 9.17) is 9.47 Å². The number of methoxy groups -OCH3 is 2. The van der Waals surface area contributed by atoms with Gasteiger partial charge in [-0.2, -0.15) is 5.10 Å². The first-order chi connectivity index (χ1) is 17.5. The number of allylic oxidation sites excluding steroid dienone is 1. The van der Waals surface area contributed by atoms with E-state index in [2.05, 4.69) is 37.7 Å². The Balaban J connectivity index is 1.60. The average molecular weight is 545 g/mol. The molecule has 0 fully saturated rings. The summed E-state index contributed by atoms with van der Waals surface area (Å²) in [7, 11) is 3.23. The summed E-state index contributed by atoms with van der Waals surface area (Å²) >= 11 is 3.50. The fourth-order valence-electron chi connectivity index (χ4n) is 4.26. The fraction of sp³-hybridized carbons (Fsp3) is 0.143. The van der Waals surface area contributed by atoms with Crippen LogP contribution in [0, 0.1) is 6.92 Å². The summed E-state index contributed by atoms with van der Waals surface area (Å²) in [5, 5.41) is 11.0. The van der Waals surface area contributed by atoms with E-state index in [9.17, 15) is 4.79 Å². The topological polar surface area (TPSA) is 77.4 Å². The van der Waals surface area contributed by atoms with Gasteiger partial charge in [-0.25, -0.2) is 4.68 Å². The van der Waals surface area contributed by atoms with Crippen molar-refractivity contribution in [3.05, 3.63) is 106 Å². The van der Waals surface area contributed by atoms with Crippen LogP contribution >= 0.6 is 15.9 Å². The number of nitrogens with zero attached hydrogens (tertiary/aromatic N) is 2. The molecule has 0 spiro atoms. The van der Waals surface area contributed by atoms with Crippen LogP contribution in [0.2, 0.25) is 0 Å². The normalized spacial score (nSPS) is 14.3. The number of nitrogens with one attached hydrogen (secondary N) is 2. The summed E-state index contributed by atoms with van der Waals surface area (Å²) in [6.07, 6.45) is 3.66. The third kappa shape index (κ3) is 4.47. The van der Waals surface area contributed by atoms with E-state index >= 15 is 0 Å². The minimum Gasteiger partial charge on any atom is -0.493 e. The molecule has 2 N–H and O–H groups in total. The molecule has 8 heteroatoms. The van der Waals surface area contributed by atoms with Gasteiger partial charge in [-0.1, -0.05) is 57.9 Å². The number of fused-ring (bicyclic) bond motifs is 1. The van der Waals surface area contributed by atoms with E-state index in [1.54, 1.807) is 25.1 Å². The molecule has 0 bridgehead atoms. The zero-order chi connectivity index (χ0) is 25.2. The zero-order valence-electron chi connectivity index (χ0n) is 20.1. The highest BCUT2D eigenvalue weighted by Crippen LogP contribution is 2.42. The minimum absolute atomic E-state index is 0.249. The molecule has 1 aromatic heterocycles. The molecule has 4 aromatic rings. The molecule has 0 saturated heterocycles. The van der Waals surface area contributed by atoms with E-state index in [1.165, 1.54) is 0 Å². The van der Waals surface area contributed by atoms with Crippen LogP contribution in [-0.2, 0) is 0 Å². The van der Waals surface area contributed by atoms with Crippen LogP contribution in [-0.4, -0.2) is 29.9 Å². The van der Waals surface area contributed by atoms with Crippen LogP contribution in [0.25, 0.3) is 5.70 Å². The van der Waals surface area contributed by atoms with Crippen molar-refractivity contribution in [2.24, 2.45) is 0 Å². The van der Waals surface area contributed by atoms with E-state index < -0.39 is 0 Å². The molecular weight excluding hydrogens is 520 g/mol. The lowest BCUT2D eigenvalue weighted by Crippen LogP contribution is -2.22. The number of carbonyl (C=O) groups is 1. The lowest BCUT2D eigenvalue weighted by atomic mass is 9.99. The highest BCUT2D eigenvalue weighted by Gasteiger charge is 2.30. The van der Waals surface area contributed by atoms with Crippen molar-refractivity contribution >= 4 is 39.0 Å². The predicted molar refractivity (Wildman–Crippen MR) is 145 cm³/mol. The van der Waals surface area contributed by atoms with Gasteiger partial charge in [0.25, 0.3) is 5.91 Å². The Bertz CT molecular complexity index is 1440. The lowest BCUT2D eigenvalue weighted by molar-refractivity contribution is 0.102. The van der Waals surface area contributed by atoms with Crippen molar-refractivity contribution in [2.45, 2.75) is 13.0 Å². The molecular formula is C28H25BrN4O3. The number of aromatic nitrogens is 2. The van der Waals surface area contributed by atoms with Crippen molar-refractivity contribution in [1.82, 2.24) is 9.78 Å². The number of hydrogen-bond donors (Lipinski definition) is 2. The number of para-hydroxylation sites is 1. The number of amides is 1. The van der Waals surface area contributed by atoms with Gasteiger partial charge in [0.2, 0.25) is 0 Å². The predicted octanol–water partition coefficient (Wildman–Crippen LogP) is 6.28. The SMILES string of the molecule is COc1cccc(C2C=C(c3ccc(Br)cc3)Nc3c(C(=O)Nc4ccc(C)cc4)cnn32)c1OC. The quantitative estimate of drug-likeness (QED) is 0.298. The fourth-order valence-corrected chi connectivity index (χ4v) is 4.53. The van der Waals surface area contributed by atoms with Crippen molar-refractivity contribution < 1.29 is 14.3 Å². The molecule has 1 amide bonds. The Kier molecular flexibility index (Phi) is 6.52. The summed E-state index contributed by atoms with van der Waals surface area (Å²) in [6, 6.07) is 21.1. The van der Waals surface area contributed by atoms with Gasteiger partial charge in [0.1, 0.15) is 17.4 Å². The Labute approximate surface area is 217 Å².